The Morgan fingerprint density at radius 3 is 2.46 bits per heavy atom. The van der Waals surface area contributed by atoms with E-state index in [1.54, 1.807) is 18.5 Å². The number of anilines is 1. The van der Waals surface area contributed by atoms with E-state index in [-0.39, 0.29) is 17.2 Å². The molecule has 0 spiro atoms. The Kier molecular flexibility index (Phi) is 5.87. The molecule has 2 rings (SSSR count). The minimum Gasteiger partial charge on any atom is -0.326 e. The largest absolute Gasteiger partial charge is 0.326 e. The van der Waals surface area contributed by atoms with E-state index in [1.807, 2.05) is 32.0 Å². The van der Waals surface area contributed by atoms with Gasteiger partial charge in [-0.15, -0.1) is 0 Å². The molecule has 142 valence electrons. The van der Waals surface area contributed by atoms with Gasteiger partial charge in [-0.2, -0.15) is 5.10 Å². The van der Waals surface area contributed by atoms with Gasteiger partial charge in [0.05, 0.1) is 17.9 Å². The van der Waals surface area contributed by atoms with Gasteiger partial charge in [0.1, 0.15) is 4.90 Å². The first-order chi connectivity index (χ1) is 12.0. The van der Waals surface area contributed by atoms with Crippen LogP contribution in [0.3, 0.4) is 0 Å². The summed E-state index contributed by atoms with van der Waals surface area (Å²) in [5.74, 6) is -0.136. The van der Waals surface area contributed by atoms with Gasteiger partial charge in [-0.3, -0.25) is 9.48 Å². The van der Waals surface area contributed by atoms with Crippen LogP contribution in [-0.2, 0) is 21.4 Å². The molecule has 0 atom stereocenters. The zero-order chi connectivity index (χ0) is 19.6. The molecule has 0 aliphatic carbocycles. The maximum Gasteiger partial charge on any atom is 0.246 e. The fourth-order valence-corrected chi connectivity index (χ4v) is 4.00. The van der Waals surface area contributed by atoms with Crippen molar-refractivity contribution in [2.45, 2.75) is 45.6 Å². The van der Waals surface area contributed by atoms with Gasteiger partial charge in [0.25, 0.3) is 0 Å². The van der Waals surface area contributed by atoms with Crippen molar-refractivity contribution in [1.82, 2.24) is 14.1 Å². The van der Waals surface area contributed by atoms with Crippen LogP contribution in [0, 0.1) is 27.7 Å². The van der Waals surface area contributed by atoms with Crippen LogP contribution in [0.15, 0.2) is 23.1 Å². The minimum atomic E-state index is -3.57. The summed E-state index contributed by atoms with van der Waals surface area (Å²) in [5.41, 5.74) is 3.83. The summed E-state index contributed by atoms with van der Waals surface area (Å²) in [7, 11) is -0.587. The number of nitrogens with one attached hydrogen (secondary N) is 1. The fraction of sp³-hybridized carbons (Fsp3) is 0.444. The van der Waals surface area contributed by atoms with Gasteiger partial charge in [0.15, 0.2) is 0 Å². The highest BCUT2D eigenvalue weighted by Crippen LogP contribution is 2.22. The van der Waals surface area contributed by atoms with E-state index in [2.05, 4.69) is 10.4 Å². The molecule has 1 aromatic heterocycles. The summed E-state index contributed by atoms with van der Waals surface area (Å²) in [6.45, 7) is 7.59. The van der Waals surface area contributed by atoms with Crippen molar-refractivity contribution in [2.24, 2.45) is 0 Å². The molecule has 8 heteroatoms. The van der Waals surface area contributed by atoms with Gasteiger partial charge in [0, 0.05) is 26.2 Å². The second-order valence-electron chi connectivity index (χ2n) is 6.63. The Labute approximate surface area is 155 Å². The molecule has 1 aromatic carbocycles. The molecular weight excluding hydrogens is 352 g/mol. The van der Waals surface area contributed by atoms with Crippen LogP contribution in [0.25, 0.3) is 0 Å². The van der Waals surface area contributed by atoms with Crippen molar-refractivity contribution >= 4 is 21.6 Å². The minimum absolute atomic E-state index is 0.136. The zero-order valence-corrected chi connectivity index (χ0v) is 16.9. The predicted octanol–water partition coefficient (Wildman–Crippen LogP) is 2.40. The first kappa shape index (κ1) is 20.1. The third-order valence-corrected chi connectivity index (χ3v) is 6.34. The van der Waals surface area contributed by atoms with Gasteiger partial charge in [-0.25, -0.2) is 12.7 Å². The van der Waals surface area contributed by atoms with Crippen molar-refractivity contribution in [3.8, 4) is 0 Å². The van der Waals surface area contributed by atoms with E-state index < -0.39 is 10.0 Å². The lowest BCUT2D eigenvalue weighted by molar-refractivity contribution is -0.116. The van der Waals surface area contributed by atoms with E-state index in [9.17, 15) is 13.2 Å². The van der Waals surface area contributed by atoms with Crippen LogP contribution >= 0.6 is 0 Å². The zero-order valence-electron chi connectivity index (χ0n) is 16.1. The van der Waals surface area contributed by atoms with Crippen molar-refractivity contribution in [3.05, 3.63) is 40.7 Å². The molecule has 2 aromatic rings. The Hall–Kier alpha value is -2.19. The summed E-state index contributed by atoms with van der Waals surface area (Å²) in [5, 5.41) is 7.20. The van der Waals surface area contributed by atoms with Gasteiger partial charge in [0.2, 0.25) is 15.9 Å². The van der Waals surface area contributed by atoms with Crippen LogP contribution in [-0.4, -0.2) is 42.5 Å². The number of benzene rings is 1. The van der Waals surface area contributed by atoms with Crippen LogP contribution in [0.2, 0.25) is 0 Å². The molecule has 0 fully saturated rings. The monoisotopic (exact) mass is 378 g/mol. The molecule has 1 amide bonds. The summed E-state index contributed by atoms with van der Waals surface area (Å²) >= 11 is 0. The first-order valence-electron chi connectivity index (χ1n) is 8.37. The molecule has 26 heavy (non-hydrogen) atoms. The summed E-state index contributed by atoms with van der Waals surface area (Å²) < 4.78 is 27.6. The predicted molar refractivity (Wildman–Crippen MR) is 102 cm³/mol. The third kappa shape index (κ3) is 4.13. The lowest BCUT2D eigenvalue weighted by atomic mass is 10.1. The number of hydrogen-bond acceptors (Lipinski definition) is 4. The molecular formula is C18H26N4O3S. The average Bonchev–Trinajstić information content (AvgIpc) is 2.83. The normalized spacial score (nSPS) is 11.8. The highest BCUT2D eigenvalue weighted by atomic mass is 32.2. The van der Waals surface area contributed by atoms with Crippen LogP contribution in [0.1, 0.15) is 28.9 Å². The quantitative estimate of drug-likeness (QED) is 0.836. The number of amides is 1. The average molecular weight is 378 g/mol. The number of aromatic nitrogens is 2. The van der Waals surface area contributed by atoms with Crippen molar-refractivity contribution in [2.75, 3.05) is 19.4 Å². The molecule has 0 bridgehead atoms. The van der Waals surface area contributed by atoms with E-state index in [4.69, 9.17) is 0 Å². The Bertz CT molecular complexity index is 930. The van der Waals surface area contributed by atoms with E-state index in [1.165, 1.54) is 18.4 Å². The number of nitrogens with zero attached hydrogens (tertiary/aromatic N) is 3. The number of carbonyl (C=O) groups excluding carboxylic acids is 1. The summed E-state index contributed by atoms with van der Waals surface area (Å²) in [6, 6.07) is 5.89. The molecule has 0 radical (unpaired) electrons. The second kappa shape index (κ2) is 7.59. The Morgan fingerprint density at radius 2 is 1.85 bits per heavy atom. The Morgan fingerprint density at radius 1 is 1.19 bits per heavy atom. The van der Waals surface area contributed by atoms with Gasteiger partial charge in [-0.05, 0) is 44.9 Å². The standard InChI is InChI=1S/C18H26N4O3S/c1-12-7-8-13(2)16(11-12)19-17(23)9-10-22-15(4)18(14(3)20-22)26(24,25)21(5)6/h7-8,11H,9-10H2,1-6H3,(H,19,23). The molecule has 1 N–H and O–H groups in total. The van der Waals surface area contributed by atoms with E-state index >= 15 is 0 Å². The number of aryl methyl sites for hydroxylation is 4. The molecule has 0 aliphatic rings. The van der Waals surface area contributed by atoms with Crippen molar-refractivity contribution < 1.29 is 13.2 Å². The smallest absolute Gasteiger partial charge is 0.246 e. The van der Waals surface area contributed by atoms with Crippen LogP contribution in [0.5, 0.6) is 0 Å². The summed E-state index contributed by atoms with van der Waals surface area (Å²) in [6.07, 6.45) is 0.205. The summed E-state index contributed by atoms with van der Waals surface area (Å²) in [4.78, 5) is 12.5. The van der Waals surface area contributed by atoms with Crippen molar-refractivity contribution in [1.29, 1.82) is 0 Å². The molecule has 1 heterocycles. The van der Waals surface area contributed by atoms with E-state index in [0.29, 0.717) is 17.9 Å². The van der Waals surface area contributed by atoms with Crippen LogP contribution in [0.4, 0.5) is 5.69 Å². The molecule has 0 unspecified atom stereocenters. The third-order valence-electron chi connectivity index (χ3n) is 4.27. The SMILES string of the molecule is Cc1ccc(C)c(NC(=O)CCn2nc(C)c(S(=O)(=O)N(C)C)c2C)c1. The molecule has 0 saturated carbocycles. The molecule has 0 saturated heterocycles. The topological polar surface area (TPSA) is 84.3 Å². The maximum atomic E-state index is 12.4. The Balaban J connectivity index is 2.13. The highest BCUT2D eigenvalue weighted by molar-refractivity contribution is 7.89. The lowest BCUT2D eigenvalue weighted by Crippen LogP contribution is -2.23. The first-order valence-corrected chi connectivity index (χ1v) is 9.81. The van der Waals surface area contributed by atoms with E-state index in [0.717, 1.165) is 16.8 Å². The molecule has 7 nitrogen and oxygen atoms in total. The number of hydrogen-bond donors (Lipinski definition) is 1. The molecule has 0 aliphatic heterocycles. The lowest BCUT2D eigenvalue weighted by Gasteiger charge is -2.12. The number of carbonyl (C=O) groups is 1. The number of sulfonamides is 1. The van der Waals surface area contributed by atoms with Gasteiger partial charge in [-0.1, -0.05) is 12.1 Å². The highest BCUT2D eigenvalue weighted by Gasteiger charge is 2.26. The van der Waals surface area contributed by atoms with Crippen LogP contribution < -0.4 is 5.32 Å². The van der Waals surface area contributed by atoms with Gasteiger partial charge < -0.3 is 5.32 Å². The second-order valence-corrected chi connectivity index (χ2v) is 8.72. The number of rotatable bonds is 6. The van der Waals surface area contributed by atoms with Gasteiger partial charge >= 0.3 is 0 Å². The van der Waals surface area contributed by atoms with Crippen molar-refractivity contribution in [3.63, 3.8) is 0 Å². The fourth-order valence-electron chi connectivity index (χ4n) is 2.74. The maximum absolute atomic E-state index is 12.4.